The zero-order chi connectivity index (χ0) is 11.4. The fourth-order valence-corrected chi connectivity index (χ4v) is 2.18. The van der Waals surface area contributed by atoms with Gasteiger partial charge in [0.1, 0.15) is 5.75 Å². The second kappa shape index (κ2) is 5.32. The summed E-state index contributed by atoms with van der Waals surface area (Å²) in [5.74, 6) is 0.365. The van der Waals surface area contributed by atoms with E-state index in [1.165, 1.54) is 5.56 Å². The highest BCUT2D eigenvalue weighted by molar-refractivity contribution is 5.27. The summed E-state index contributed by atoms with van der Waals surface area (Å²) >= 11 is 0. The van der Waals surface area contributed by atoms with Crippen LogP contribution in [0.3, 0.4) is 0 Å². The lowest BCUT2D eigenvalue weighted by molar-refractivity contribution is 0.132. The minimum absolute atomic E-state index is 0.365. The number of piperazine rings is 1. The fraction of sp³-hybridized carbons (Fsp3) is 0.538. The quantitative estimate of drug-likeness (QED) is 0.837. The van der Waals surface area contributed by atoms with Crippen LogP contribution in [0, 0.1) is 0 Å². The average Bonchev–Trinajstić information content (AvgIpc) is 2.30. The Bertz CT molecular complexity index is 332. The minimum atomic E-state index is 0.365. The van der Waals surface area contributed by atoms with E-state index < -0.39 is 0 Å². The second-order valence-electron chi connectivity index (χ2n) is 4.38. The lowest BCUT2D eigenvalue weighted by atomic mass is 10.2. The number of phenolic OH excluding ortho intramolecular Hbond substituents is 1. The van der Waals surface area contributed by atoms with E-state index in [1.54, 1.807) is 6.07 Å². The molecule has 0 atom stereocenters. The molecule has 0 spiro atoms. The molecule has 0 bridgehead atoms. The molecule has 1 aliphatic rings. The number of nitrogens with zero attached hydrogens (tertiary/aromatic N) is 2. The van der Waals surface area contributed by atoms with Crippen LogP contribution in [-0.4, -0.2) is 47.6 Å². The molecule has 88 valence electrons. The highest BCUT2D eigenvalue weighted by atomic mass is 16.3. The maximum absolute atomic E-state index is 9.40. The van der Waals surface area contributed by atoms with Crippen LogP contribution in [-0.2, 0) is 6.54 Å². The summed E-state index contributed by atoms with van der Waals surface area (Å²) in [4.78, 5) is 4.92. The van der Waals surface area contributed by atoms with Crippen molar-refractivity contribution in [1.29, 1.82) is 0 Å². The molecule has 1 saturated heterocycles. The van der Waals surface area contributed by atoms with Gasteiger partial charge >= 0.3 is 0 Å². The van der Waals surface area contributed by atoms with Crippen LogP contribution in [0.25, 0.3) is 0 Å². The fourth-order valence-electron chi connectivity index (χ4n) is 2.18. The third-order valence-corrected chi connectivity index (χ3v) is 3.23. The van der Waals surface area contributed by atoms with E-state index in [9.17, 15) is 5.11 Å². The van der Waals surface area contributed by atoms with Gasteiger partial charge in [0, 0.05) is 32.7 Å². The van der Waals surface area contributed by atoms with Gasteiger partial charge in [-0.25, -0.2) is 0 Å². The molecule has 16 heavy (non-hydrogen) atoms. The molecule has 1 aliphatic heterocycles. The van der Waals surface area contributed by atoms with Gasteiger partial charge in [-0.1, -0.05) is 19.1 Å². The van der Waals surface area contributed by atoms with Crippen molar-refractivity contribution in [2.75, 3.05) is 32.7 Å². The van der Waals surface area contributed by atoms with Gasteiger partial charge in [0.2, 0.25) is 0 Å². The molecule has 0 saturated carbocycles. The summed E-state index contributed by atoms with van der Waals surface area (Å²) in [5, 5.41) is 9.40. The molecule has 1 aromatic carbocycles. The molecule has 0 unspecified atom stereocenters. The number of benzene rings is 1. The van der Waals surface area contributed by atoms with Gasteiger partial charge in [0.05, 0.1) is 0 Å². The third-order valence-electron chi connectivity index (χ3n) is 3.23. The Balaban J connectivity index is 1.87. The second-order valence-corrected chi connectivity index (χ2v) is 4.38. The normalized spacial score (nSPS) is 18.8. The van der Waals surface area contributed by atoms with Gasteiger partial charge < -0.3 is 10.0 Å². The Labute approximate surface area is 97.3 Å². The Morgan fingerprint density at radius 1 is 1.12 bits per heavy atom. The minimum Gasteiger partial charge on any atom is -0.508 e. The summed E-state index contributed by atoms with van der Waals surface area (Å²) in [5.41, 5.74) is 1.20. The molecule has 1 aromatic rings. The average molecular weight is 220 g/mol. The van der Waals surface area contributed by atoms with E-state index in [0.29, 0.717) is 5.75 Å². The topological polar surface area (TPSA) is 26.7 Å². The lowest BCUT2D eigenvalue weighted by Crippen LogP contribution is -2.45. The Morgan fingerprint density at radius 3 is 2.44 bits per heavy atom. The summed E-state index contributed by atoms with van der Waals surface area (Å²) in [6, 6.07) is 7.56. The molecular formula is C13H20N2O. The number of aromatic hydroxyl groups is 1. The Kier molecular flexibility index (Phi) is 3.80. The zero-order valence-electron chi connectivity index (χ0n) is 9.89. The van der Waals surface area contributed by atoms with Gasteiger partial charge in [-0.2, -0.15) is 0 Å². The molecule has 1 N–H and O–H groups in total. The molecule has 2 rings (SSSR count). The zero-order valence-corrected chi connectivity index (χ0v) is 9.89. The number of rotatable bonds is 3. The number of hydrogen-bond donors (Lipinski definition) is 1. The van der Waals surface area contributed by atoms with Crippen LogP contribution in [0.15, 0.2) is 24.3 Å². The van der Waals surface area contributed by atoms with Crippen molar-refractivity contribution in [3.05, 3.63) is 29.8 Å². The summed E-state index contributed by atoms with van der Waals surface area (Å²) in [6.07, 6.45) is 0. The first-order valence-corrected chi connectivity index (χ1v) is 6.00. The number of phenols is 1. The van der Waals surface area contributed by atoms with Gasteiger partial charge in [0.15, 0.2) is 0 Å². The van der Waals surface area contributed by atoms with Crippen molar-refractivity contribution in [2.45, 2.75) is 13.5 Å². The first kappa shape index (κ1) is 11.4. The SMILES string of the molecule is CCN1CCN(Cc2cccc(O)c2)CC1. The van der Waals surface area contributed by atoms with Crippen LogP contribution in [0.4, 0.5) is 0 Å². The van der Waals surface area contributed by atoms with Crippen LogP contribution >= 0.6 is 0 Å². The van der Waals surface area contributed by atoms with Crippen LogP contribution in [0.5, 0.6) is 5.75 Å². The van der Waals surface area contributed by atoms with Crippen molar-refractivity contribution in [1.82, 2.24) is 9.80 Å². The van der Waals surface area contributed by atoms with E-state index in [0.717, 1.165) is 39.3 Å². The maximum atomic E-state index is 9.40. The largest absolute Gasteiger partial charge is 0.508 e. The Morgan fingerprint density at radius 2 is 1.81 bits per heavy atom. The summed E-state index contributed by atoms with van der Waals surface area (Å²) < 4.78 is 0. The van der Waals surface area contributed by atoms with Crippen molar-refractivity contribution < 1.29 is 5.11 Å². The molecule has 3 nitrogen and oxygen atoms in total. The van der Waals surface area contributed by atoms with Gasteiger partial charge in [0.25, 0.3) is 0 Å². The van der Waals surface area contributed by atoms with Crippen molar-refractivity contribution in [3.63, 3.8) is 0 Å². The predicted octanol–water partition coefficient (Wildman–Crippen LogP) is 1.53. The molecular weight excluding hydrogens is 200 g/mol. The first-order valence-electron chi connectivity index (χ1n) is 6.00. The molecule has 1 heterocycles. The van der Waals surface area contributed by atoms with Crippen LogP contribution in [0.1, 0.15) is 12.5 Å². The van der Waals surface area contributed by atoms with E-state index in [4.69, 9.17) is 0 Å². The smallest absolute Gasteiger partial charge is 0.115 e. The number of hydrogen-bond acceptors (Lipinski definition) is 3. The highest BCUT2D eigenvalue weighted by Gasteiger charge is 2.15. The van der Waals surface area contributed by atoms with Gasteiger partial charge in [-0.3, -0.25) is 4.90 Å². The summed E-state index contributed by atoms with van der Waals surface area (Å²) in [6.45, 7) is 8.90. The standard InChI is InChI=1S/C13H20N2O/c1-2-14-6-8-15(9-7-14)11-12-4-3-5-13(16)10-12/h3-5,10,16H,2,6-9,11H2,1H3. The predicted molar refractivity (Wildman–Crippen MR) is 65.5 cm³/mol. The molecule has 0 amide bonds. The molecule has 0 aliphatic carbocycles. The monoisotopic (exact) mass is 220 g/mol. The highest BCUT2D eigenvalue weighted by Crippen LogP contribution is 2.14. The van der Waals surface area contributed by atoms with Crippen molar-refractivity contribution >= 4 is 0 Å². The van der Waals surface area contributed by atoms with E-state index in [1.807, 2.05) is 12.1 Å². The summed E-state index contributed by atoms with van der Waals surface area (Å²) in [7, 11) is 0. The van der Waals surface area contributed by atoms with E-state index in [-0.39, 0.29) is 0 Å². The lowest BCUT2D eigenvalue weighted by Gasteiger charge is -2.34. The van der Waals surface area contributed by atoms with E-state index in [2.05, 4.69) is 22.8 Å². The maximum Gasteiger partial charge on any atom is 0.115 e. The molecule has 1 fully saturated rings. The molecule has 0 radical (unpaired) electrons. The van der Waals surface area contributed by atoms with Crippen molar-refractivity contribution in [2.24, 2.45) is 0 Å². The van der Waals surface area contributed by atoms with Crippen molar-refractivity contribution in [3.8, 4) is 5.75 Å². The van der Waals surface area contributed by atoms with Gasteiger partial charge in [-0.05, 0) is 24.2 Å². The third kappa shape index (κ3) is 2.97. The van der Waals surface area contributed by atoms with Crippen LogP contribution < -0.4 is 0 Å². The first-order chi connectivity index (χ1) is 7.78. The number of likely N-dealkylation sites (N-methyl/N-ethyl adjacent to an activating group) is 1. The van der Waals surface area contributed by atoms with E-state index >= 15 is 0 Å². The van der Waals surface area contributed by atoms with Crippen LogP contribution in [0.2, 0.25) is 0 Å². The molecule has 3 heteroatoms. The Hall–Kier alpha value is -1.06. The van der Waals surface area contributed by atoms with Gasteiger partial charge in [-0.15, -0.1) is 0 Å². The molecule has 0 aromatic heterocycles.